The van der Waals surface area contributed by atoms with Gasteiger partial charge < -0.3 is 19.9 Å². The van der Waals surface area contributed by atoms with Gasteiger partial charge in [-0.3, -0.25) is 19.6 Å². The molecular weight excluding hydrogens is 600 g/mol. The minimum atomic E-state index is -2.06. The second-order valence-corrected chi connectivity index (χ2v) is 11.7. The van der Waals surface area contributed by atoms with Crippen molar-refractivity contribution in [3.8, 4) is 11.5 Å². The highest BCUT2D eigenvalue weighted by Gasteiger charge is 2.22. The third kappa shape index (κ3) is 6.49. The maximum Gasteiger partial charge on any atom is 0.293 e. The number of nitro groups is 1. The highest BCUT2D eigenvalue weighted by atomic mass is 79.9. The van der Waals surface area contributed by atoms with E-state index in [4.69, 9.17) is 4.74 Å². The number of aromatic nitrogens is 2. The van der Waals surface area contributed by atoms with Crippen molar-refractivity contribution < 1.29 is 18.7 Å². The normalized spacial score (nSPS) is 15.1. The maximum atomic E-state index is 13.1. The predicted octanol–water partition coefficient (Wildman–Crippen LogP) is 5.23. The number of piperidine rings is 1. The first-order valence-electron chi connectivity index (χ1n) is 12.6. The van der Waals surface area contributed by atoms with Gasteiger partial charge in [0.15, 0.2) is 11.0 Å². The van der Waals surface area contributed by atoms with Crippen LogP contribution < -0.4 is 14.8 Å². The van der Waals surface area contributed by atoms with E-state index in [0.717, 1.165) is 31.3 Å². The Labute approximate surface area is 241 Å². The van der Waals surface area contributed by atoms with Crippen LogP contribution in [-0.2, 0) is 11.0 Å². The highest BCUT2D eigenvalue weighted by molar-refractivity contribution is 9.10. The number of benzene rings is 2. The SMILES string of the molecule is CN1CCC(CNc2ccc(S(=O)NC(=O)c3ccc(Br)cc3Oc3cnc4[nH]ccc4c3)cc2[N+](=O)[O-])CC1. The number of H-pyrrole nitrogens is 1. The summed E-state index contributed by atoms with van der Waals surface area (Å²) in [5.41, 5.74) is 0.990. The van der Waals surface area contributed by atoms with E-state index in [1.165, 1.54) is 30.5 Å². The number of halogens is 1. The van der Waals surface area contributed by atoms with Crippen molar-refractivity contribution in [3.05, 3.63) is 81.1 Å². The molecule has 1 aliphatic heterocycles. The second kappa shape index (κ2) is 12.1. The Bertz CT molecular complexity index is 1590. The van der Waals surface area contributed by atoms with Crippen LogP contribution in [-0.4, -0.2) is 56.6 Å². The lowest BCUT2D eigenvalue weighted by molar-refractivity contribution is -0.384. The molecule has 0 saturated carbocycles. The lowest BCUT2D eigenvalue weighted by atomic mass is 9.97. The molecule has 11 nitrogen and oxygen atoms in total. The summed E-state index contributed by atoms with van der Waals surface area (Å²) in [5, 5.41) is 15.8. The molecule has 1 aliphatic rings. The molecular formula is C27H27BrN6O5S. The first-order chi connectivity index (χ1) is 19.3. The zero-order valence-corrected chi connectivity index (χ0v) is 24.0. The Hall–Kier alpha value is -3.81. The number of hydrogen-bond acceptors (Lipinski definition) is 8. The molecule has 4 aromatic rings. The summed E-state index contributed by atoms with van der Waals surface area (Å²) < 4.78 is 22.1. The van der Waals surface area contributed by atoms with E-state index < -0.39 is 21.8 Å². The number of aromatic amines is 1. The molecule has 0 spiro atoms. The fourth-order valence-electron chi connectivity index (χ4n) is 4.52. The molecule has 40 heavy (non-hydrogen) atoms. The fraction of sp³-hybridized carbons (Fsp3) is 0.259. The second-order valence-electron chi connectivity index (χ2n) is 9.59. The Kier molecular flexibility index (Phi) is 8.43. The van der Waals surface area contributed by atoms with Crippen LogP contribution in [0.5, 0.6) is 11.5 Å². The molecule has 2 aromatic carbocycles. The third-order valence-corrected chi connectivity index (χ3v) is 8.32. The van der Waals surface area contributed by atoms with Crippen LogP contribution in [0.15, 0.2) is 70.3 Å². The topological polar surface area (TPSA) is 142 Å². The number of amides is 1. The van der Waals surface area contributed by atoms with Crippen LogP contribution in [0.2, 0.25) is 0 Å². The minimum Gasteiger partial charge on any atom is -0.455 e. The number of nitro benzene ring substituents is 1. The Balaban J connectivity index is 1.30. The molecule has 1 fully saturated rings. The van der Waals surface area contributed by atoms with Gasteiger partial charge in [-0.25, -0.2) is 9.19 Å². The minimum absolute atomic E-state index is 0.103. The van der Waals surface area contributed by atoms with Crippen molar-refractivity contribution in [1.82, 2.24) is 19.6 Å². The van der Waals surface area contributed by atoms with Gasteiger partial charge in [0, 0.05) is 28.7 Å². The van der Waals surface area contributed by atoms with Crippen molar-refractivity contribution in [1.29, 1.82) is 0 Å². The maximum absolute atomic E-state index is 13.1. The van der Waals surface area contributed by atoms with Crippen molar-refractivity contribution in [2.24, 2.45) is 5.92 Å². The summed E-state index contributed by atoms with van der Waals surface area (Å²) in [5.74, 6) is 0.398. The molecule has 0 aliphatic carbocycles. The largest absolute Gasteiger partial charge is 0.455 e. The average molecular weight is 628 g/mol. The Morgan fingerprint density at radius 1 is 1.23 bits per heavy atom. The van der Waals surface area contributed by atoms with Crippen molar-refractivity contribution in [3.63, 3.8) is 0 Å². The van der Waals surface area contributed by atoms with Gasteiger partial charge in [0.2, 0.25) is 0 Å². The van der Waals surface area contributed by atoms with Gasteiger partial charge in [-0.2, -0.15) is 0 Å². The van der Waals surface area contributed by atoms with Gasteiger partial charge in [-0.15, -0.1) is 0 Å². The molecule has 5 rings (SSSR count). The van der Waals surface area contributed by atoms with Gasteiger partial charge in [-0.1, -0.05) is 15.9 Å². The van der Waals surface area contributed by atoms with E-state index >= 15 is 0 Å². The molecule has 1 atom stereocenters. The number of nitrogens with zero attached hydrogens (tertiary/aromatic N) is 3. The quantitative estimate of drug-likeness (QED) is 0.169. The van der Waals surface area contributed by atoms with E-state index in [1.807, 2.05) is 6.07 Å². The van der Waals surface area contributed by atoms with E-state index in [-0.39, 0.29) is 21.9 Å². The molecule has 3 N–H and O–H groups in total. The molecule has 1 amide bonds. The predicted molar refractivity (Wildman–Crippen MR) is 156 cm³/mol. The number of carbonyl (C=O) groups excluding carboxylic acids is 1. The molecule has 2 aromatic heterocycles. The van der Waals surface area contributed by atoms with E-state index in [2.05, 4.69) is 47.9 Å². The number of fused-ring (bicyclic) bond motifs is 1. The number of likely N-dealkylation sites (tertiary alicyclic amines) is 1. The van der Waals surface area contributed by atoms with Gasteiger partial charge in [0.25, 0.3) is 11.6 Å². The van der Waals surface area contributed by atoms with E-state index in [9.17, 15) is 19.1 Å². The van der Waals surface area contributed by atoms with E-state index in [1.54, 1.807) is 24.4 Å². The van der Waals surface area contributed by atoms with Crippen LogP contribution in [0.4, 0.5) is 11.4 Å². The van der Waals surface area contributed by atoms with Gasteiger partial charge in [0.1, 0.15) is 22.8 Å². The van der Waals surface area contributed by atoms with Crippen LogP contribution in [0, 0.1) is 16.0 Å². The van der Waals surface area contributed by atoms with Crippen LogP contribution in [0.25, 0.3) is 11.0 Å². The molecule has 3 heterocycles. The first kappa shape index (κ1) is 27.7. The average Bonchev–Trinajstić information content (AvgIpc) is 3.40. The summed E-state index contributed by atoms with van der Waals surface area (Å²) in [6, 6.07) is 12.7. The number of hydrogen-bond donors (Lipinski definition) is 3. The fourth-order valence-corrected chi connectivity index (χ4v) is 5.66. The van der Waals surface area contributed by atoms with Crippen LogP contribution in [0.3, 0.4) is 0 Å². The van der Waals surface area contributed by atoms with Crippen molar-refractivity contribution in [2.75, 3.05) is 32.0 Å². The third-order valence-electron chi connectivity index (χ3n) is 6.78. The number of anilines is 1. The van der Waals surface area contributed by atoms with Gasteiger partial charge >= 0.3 is 0 Å². The smallest absolute Gasteiger partial charge is 0.293 e. The molecule has 208 valence electrons. The Morgan fingerprint density at radius 3 is 2.80 bits per heavy atom. The van der Waals surface area contributed by atoms with Gasteiger partial charge in [-0.05, 0) is 81.4 Å². The lowest BCUT2D eigenvalue weighted by Gasteiger charge is -2.29. The van der Waals surface area contributed by atoms with E-state index in [0.29, 0.717) is 34.0 Å². The first-order valence-corrected chi connectivity index (χ1v) is 14.6. The summed E-state index contributed by atoms with van der Waals surface area (Å²) in [6.07, 6.45) is 5.33. The lowest BCUT2D eigenvalue weighted by Crippen LogP contribution is -2.33. The van der Waals surface area contributed by atoms with Gasteiger partial charge in [0.05, 0.1) is 21.6 Å². The summed E-state index contributed by atoms with van der Waals surface area (Å²) in [4.78, 5) is 34.1. The summed E-state index contributed by atoms with van der Waals surface area (Å²) in [6.45, 7) is 2.61. The molecule has 1 saturated heterocycles. The van der Waals surface area contributed by atoms with Crippen molar-refractivity contribution in [2.45, 2.75) is 17.7 Å². The number of rotatable bonds is 9. The van der Waals surface area contributed by atoms with Crippen LogP contribution in [0.1, 0.15) is 23.2 Å². The molecule has 0 radical (unpaired) electrons. The number of nitrogens with one attached hydrogen (secondary N) is 3. The molecule has 13 heteroatoms. The number of ether oxygens (including phenoxy) is 1. The summed E-state index contributed by atoms with van der Waals surface area (Å²) >= 11 is 3.38. The van der Waals surface area contributed by atoms with Crippen LogP contribution >= 0.6 is 15.9 Å². The Morgan fingerprint density at radius 2 is 2.02 bits per heavy atom. The number of pyridine rings is 1. The zero-order chi connectivity index (χ0) is 28.2. The molecule has 0 bridgehead atoms. The zero-order valence-electron chi connectivity index (χ0n) is 21.6. The standard InChI is InChI=1S/C27H27BrN6O5S/c1-33-10-7-17(8-11-33)15-30-23-5-3-21(14-24(23)34(36)37)40(38)32-27(35)22-4-2-19(28)13-25(22)39-20-12-18-6-9-29-26(18)31-16-20/h2-6,9,12-14,16-17,30H,7-8,10-11,15H2,1H3,(H,29,31)(H,32,35). The highest BCUT2D eigenvalue weighted by Crippen LogP contribution is 2.31. The number of carbonyl (C=O) groups is 1. The summed E-state index contributed by atoms with van der Waals surface area (Å²) in [7, 11) is 0.0257. The monoisotopic (exact) mass is 626 g/mol. The molecule has 1 unspecified atom stereocenters. The van der Waals surface area contributed by atoms with Crippen molar-refractivity contribution >= 4 is 55.2 Å².